The predicted molar refractivity (Wildman–Crippen MR) is 77.5 cm³/mol. The number of nitrogens with zero attached hydrogens (tertiary/aromatic N) is 1. The molecule has 3 rings (SSSR count). The van der Waals surface area contributed by atoms with E-state index < -0.39 is 0 Å². The molecule has 21 heavy (non-hydrogen) atoms. The fourth-order valence-electron chi connectivity index (χ4n) is 2.85. The molecule has 2 heterocycles. The summed E-state index contributed by atoms with van der Waals surface area (Å²) < 4.78 is 5.34. The highest BCUT2D eigenvalue weighted by atomic mass is 16.5. The highest BCUT2D eigenvalue weighted by Crippen LogP contribution is 2.18. The maximum atomic E-state index is 11.6. The highest BCUT2D eigenvalue weighted by molar-refractivity contribution is 6.03. The van der Waals surface area contributed by atoms with Crippen LogP contribution in [0.1, 0.15) is 17.5 Å². The summed E-state index contributed by atoms with van der Waals surface area (Å²) in [5, 5.41) is 2.36. The summed E-state index contributed by atoms with van der Waals surface area (Å²) >= 11 is 0. The molecule has 0 bridgehead atoms. The fraction of sp³-hybridized carbons (Fsp3) is 0.500. The maximum absolute atomic E-state index is 11.6. The number of ether oxygens (including phenoxy) is 1. The molecule has 112 valence electrons. The Labute approximate surface area is 124 Å². The molecule has 0 aliphatic carbocycles. The molecule has 0 aromatic heterocycles. The molecule has 2 fully saturated rings. The van der Waals surface area contributed by atoms with Gasteiger partial charge in [0.15, 0.2) is 0 Å². The molecule has 2 aliphatic rings. The third kappa shape index (κ3) is 3.68. The van der Waals surface area contributed by atoms with Crippen LogP contribution in [0, 0.1) is 5.92 Å². The van der Waals surface area contributed by atoms with E-state index in [1.165, 1.54) is 5.56 Å². The maximum Gasteiger partial charge on any atom is 0.230 e. The summed E-state index contributed by atoms with van der Waals surface area (Å²) in [5.74, 6) is -0.506. The Kier molecular flexibility index (Phi) is 4.31. The van der Waals surface area contributed by atoms with E-state index in [-0.39, 0.29) is 17.7 Å². The number of rotatable bonds is 4. The summed E-state index contributed by atoms with van der Waals surface area (Å²) in [7, 11) is 0. The molecule has 2 amide bonds. The Hall–Kier alpha value is -1.72. The molecule has 1 aromatic carbocycles. The van der Waals surface area contributed by atoms with Gasteiger partial charge in [-0.3, -0.25) is 19.8 Å². The van der Waals surface area contributed by atoms with E-state index in [9.17, 15) is 9.59 Å². The number of amides is 2. The van der Waals surface area contributed by atoms with E-state index in [2.05, 4.69) is 34.5 Å². The van der Waals surface area contributed by atoms with E-state index in [0.29, 0.717) is 12.8 Å². The first kappa shape index (κ1) is 14.2. The van der Waals surface area contributed by atoms with Gasteiger partial charge >= 0.3 is 0 Å². The van der Waals surface area contributed by atoms with E-state index in [1.807, 2.05) is 0 Å². The standard InChI is InChI=1S/C16H20N2O3/c19-15-10-14(16(20)17-15)9-12-1-3-13(4-2-12)11-18-5-7-21-8-6-18/h1-4,14H,5-11H2,(H,17,19,20). The minimum atomic E-state index is -0.206. The lowest BCUT2D eigenvalue weighted by atomic mass is 9.97. The van der Waals surface area contributed by atoms with Crippen molar-refractivity contribution < 1.29 is 14.3 Å². The van der Waals surface area contributed by atoms with Gasteiger partial charge in [-0.15, -0.1) is 0 Å². The number of benzene rings is 1. The largest absolute Gasteiger partial charge is 0.379 e. The third-order valence-corrected chi connectivity index (χ3v) is 4.08. The Balaban J connectivity index is 1.56. The minimum absolute atomic E-state index is 0.141. The summed E-state index contributed by atoms with van der Waals surface area (Å²) in [6.45, 7) is 4.51. The van der Waals surface area contributed by atoms with Crippen LogP contribution in [-0.2, 0) is 27.3 Å². The van der Waals surface area contributed by atoms with E-state index in [4.69, 9.17) is 4.74 Å². The van der Waals surface area contributed by atoms with Crippen LogP contribution in [-0.4, -0.2) is 43.0 Å². The molecular formula is C16H20N2O3. The van der Waals surface area contributed by atoms with Crippen molar-refractivity contribution in [1.29, 1.82) is 0 Å². The SMILES string of the molecule is O=C1CC(Cc2ccc(CN3CCOCC3)cc2)C(=O)N1. The first-order valence-electron chi connectivity index (χ1n) is 7.42. The summed E-state index contributed by atoms with van der Waals surface area (Å²) in [6, 6.07) is 8.34. The monoisotopic (exact) mass is 288 g/mol. The van der Waals surface area contributed by atoms with Gasteiger partial charge < -0.3 is 4.74 Å². The second-order valence-electron chi connectivity index (χ2n) is 5.72. The first-order chi connectivity index (χ1) is 10.2. The van der Waals surface area contributed by atoms with Gasteiger partial charge in [-0.2, -0.15) is 0 Å². The molecule has 2 saturated heterocycles. The van der Waals surface area contributed by atoms with Crippen molar-refractivity contribution in [3.05, 3.63) is 35.4 Å². The molecular weight excluding hydrogens is 268 g/mol. The van der Waals surface area contributed by atoms with Crippen molar-refractivity contribution in [3.63, 3.8) is 0 Å². The fourth-order valence-corrected chi connectivity index (χ4v) is 2.85. The van der Waals surface area contributed by atoms with Gasteiger partial charge in [0.1, 0.15) is 0 Å². The Morgan fingerprint density at radius 1 is 1.10 bits per heavy atom. The number of carbonyl (C=O) groups is 2. The number of carbonyl (C=O) groups excluding carboxylic acids is 2. The lowest BCUT2D eigenvalue weighted by molar-refractivity contribution is -0.125. The molecule has 1 aromatic rings. The normalized spacial score (nSPS) is 23.3. The van der Waals surface area contributed by atoms with Crippen LogP contribution in [0.5, 0.6) is 0 Å². The molecule has 5 heteroatoms. The van der Waals surface area contributed by atoms with Crippen LogP contribution in [0.2, 0.25) is 0 Å². The van der Waals surface area contributed by atoms with Gasteiger partial charge in [-0.25, -0.2) is 0 Å². The van der Waals surface area contributed by atoms with Crippen molar-refractivity contribution in [2.75, 3.05) is 26.3 Å². The molecule has 1 atom stereocenters. The average Bonchev–Trinajstić information content (AvgIpc) is 2.80. The molecule has 5 nitrogen and oxygen atoms in total. The second kappa shape index (κ2) is 6.37. The van der Waals surface area contributed by atoms with Crippen molar-refractivity contribution in [3.8, 4) is 0 Å². The van der Waals surface area contributed by atoms with Crippen LogP contribution in [0.25, 0.3) is 0 Å². The van der Waals surface area contributed by atoms with E-state index in [1.54, 1.807) is 0 Å². The summed E-state index contributed by atoms with van der Waals surface area (Å²) in [6.07, 6.45) is 0.948. The molecule has 0 radical (unpaired) electrons. The lowest BCUT2D eigenvalue weighted by Gasteiger charge is -2.26. The molecule has 1 unspecified atom stereocenters. The van der Waals surface area contributed by atoms with Gasteiger partial charge in [0.25, 0.3) is 0 Å². The van der Waals surface area contributed by atoms with Crippen LogP contribution < -0.4 is 5.32 Å². The van der Waals surface area contributed by atoms with Crippen LogP contribution in [0.15, 0.2) is 24.3 Å². The molecule has 0 saturated carbocycles. The average molecular weight is 288 g/mol. The molecule has 2 aliphatic heterocycles. The predicted octanol–water partition coefficient (Wildman–Crippen LogP) is 0.724. The minimum Gasteiger partial charge on any atom is -0.379 e. The Morgan fingerprint density at radius 3 is 2.38 bits per heavy atom. The quantitative estimate of drug-likeness (QED) is 0.830. The second-order valence-corrected chi connectivity index (χ2v) is 5.72. The van der Waals surface area contributed by atoms with Gasteiger partial charge in [0.05, 0.1) is 19.1 Å². The number of nitrogens with one attached hydrogen (secondary N) is 1. The topological polar surface area (TPSA) is 58.6 Å². The zero-order valence-electron chi connectivity index (χ0n) is 12.0. The Morgan fingerprint density at radius 2 is 1.76 bits per heavy atom. The number of hydrogen-bond acceptors (Lipinski definition) is 4. The zero-order chi connectivity index (χ0) is 14.7. The summed E-state index contributed by atoms with van der Waals surface area (Å²) in [5.41, 5.74) is 2.38. The first-order valence-corrected chi connectivity index (χ1v) is 7.42. The highest BCUT2D eigenvalue weighted by Gasteiger charge is 2.30. The van der Waals surface area contributed by atoms with Crippen molar-refractivity contribution in [1.82, 2.24) is 10.2 Å². The van der Waals surface area contributed by atoms with Crippen molar-refractivity contribution >= 4 is 11.8 Å². The van der Waals surface area contributed by atoms with Gasteiger partial charge in [-0.1, -0.05) is 24.3 Å². The smallest absolute Gasteiger partial charge is 0.230 e. The van der Waals surface area contributed by atoms with Crippen LogP contribution >= 0.6 is 0 Å². The number of hydrogen-bond donors (Lipinski definition) is 1. The van der Waals surface area contributed by atoms with E-state index in [0.717, 1.165) is 38.4 Å². The van der Waals surface area contributed by atoms with Crippen LogP contribution in [0.3, 0.4) is 0 Å². The van der Waals surface area contributed by atoms with Gasteiger partial charge in [-0.05, 0) is 17.5 Å². The van der Waals surface area contributed by atoms with Gasteiger partial charge in [0, 0.05) is 26.1 Å². The third-order valence-electron chi connectivity index (χ3n) is 4.08. The molecule has 1 N–H and O–H groups in total. The Bertz CT molecular complexity index is 521. The summed E-state index contributed by atoms with van der Waals surface area (Å²) in [4.78, 5) is 25.1. The number of imide groups is 1. The zero-order valence-corrected chi connectivity index (χ0v) is 12.0. The van der Waals surface area contributed by atoms with Crippen molar-refractivity contribution in [2.45, 2.75) is 19.4 Å². The van der Waals surface area contributed by atoms with E-state index >= 15 is 0 Å². The lowest BCUT2D eigenvalue weighted by Crippen LogP contribution is -2.35. The van der Waals surface area contributed by atoms with Crippen molar-refractivity contribution in [2.24, 2.45) is 5.92 Å². The number of morpholine rings is 1. The molecule has 0 spiro atoms. The van der Waals surface area contributed by atoms with Crippen LogP contribution in [0.4, 0.5) is 0 Å². The van der Waals surface area contributed by atoms with Gasteiger partial charge in [0.2, 0.25) is 11.8 Å².